The number of hydrogen-bond donors (Lipinski definition) is 2. The molecule has 2 heterocycles. The van der Waals surface area contributed by atoms with E-state index in [4.69, 9.17) is 11.6 Å². The highest BCUT2D eigenvalue weighted by Crippen LogP contribution is 2.25. The molecule has 152 valence electrons. The van der Waals surface area contributed by atoms with E-state index in [-0.39, 0.29) is 11.8 Å². The summed E-state index contributed by atoms with van der Waals surface area (Å²) in [5, 5.41) is 7.08. The average molecular weight is 417 g/mol. The van der Waals surface area contributed by atoms with Crippen LogP contribution in [-0.2, 0) is 10.0 Å². The molecule has 8 nitrogen and oxygen atoms in total. The van der Waals surface area contributed by atoms with Crippen LogP contribution in [0.3, 0.4) is 0 Å². The highest BCUT2D eigenvalue weighted by atomic mass is 35.5. The van der Waals surface area contributed by atoms with Crippen LogP contribution < -0.4 is 15.5 Å². The number of pyridine rings is 1. The molecule has 1 unspecified atom stereocenters. The number of sulfonamides is 1. The Morgan fingerprint density at radius 2 is 2.19 bits per heavy atom. The van der Waals surface area contributed by atoms with Gasteiger partial charge in [0.25, 0.3) is 0 Å². The zero-order chi connectivity index (χ0) is 19.9. The van der Waals surface area contributed by atoms with Crippen LogP contribution in [-0.4, -0.2) is 75.2 Å². The Kier molecular flexibility index (Phi) is 8.12. The number of nitrogens with zero attached hydrogens (tertiary/aromatic N) is 4. The fraction of sp³-hybridized carbons (Fsp3) is 0.647. The van der Waals surface area contributed by atoms with Gasteiger partial charge in [-0.05, 0) is 18.6 Å². The lowest BCUT2D eigenvalue weighted by Crippen LogP contribution is -2.46. The summed E-state index contributed by atoms with van der Waals surface area (Å²) in [7, 11) is -1.57. The van der Waals surface area contributed by atoms with Gasteiger partial charge in [-0.1, -0.05) is 25.4 Å². The van der Waals surface area contributed by atoms with E-state index in [0.717, 1.165) is 25.3 Å². The number of nitrogens with one attached hydrogen (secondary N) is 2. The van der Waals surface area contributed by atoms with Crippen molar-refractivity contribution in [3.63, 3.8) is 0 Å². The molecule has 1 aromatic heterocycles. The Morgan fingerprint density at radius 3 is 2.81 bits per heavy atom. The second-order valence-electron chi connectivity index (χ2n) is 6.28. The van der Waals surface area contributed by atoms with Crippen LogP contribution in [0.15, 0.2) is 23.3 Å². The quantitative estimate of drug-likeness (QED) is 0.488. The minimum Gasteiger partial charge on any atom is -0.355 e. The lowest BCUT2D eigenvalue weighted by molar-refractivity contribution is 0.445. The summed E-state index contributed by atoms with van der Waals surface area (Å²) in [5.41, 5.74) is 0. The molecule has 1 aromatic rings. The highest BCUT2D eigenvalue weighted by molar-refractivity contribution is 7.89. The second kappa shape index (κ2) is 10.1. The third kappa shape index (κ3) is 5.95. The van der Waals surface area contributed by atoms with Crippen molar-refractivity contribution >= 4 is 33.4 Å². The first kappa shape index (κ1) is 21.7. The largest absolute Gasteiger partial charge is 0.355 e. The van der Waals surface area contributed by atoms with Gasteiger partial charge in [0.05, 0.1) is 10.8 Å². The van der Waals surface area contributed by atoms with Crippen molar-refractivity contribution in [2.75, 3.05) is 50.4 Å². The van der Waals surface area contributed by atoms with E-state index in [9.17, 15) is 8.42 Å². The van der Waals surface area contributed by atoms with Crippen LogP contribution in [0.1, 0.15) is 20.3 Å². The molecule has 0 saturated carbocycles. The zero-order valence-electron chi connectivity index (χ0n) is 16.2. The molecule has 2 rings (SSSR count). The third-order valence-electron chi connectivity index (χ3n) is 4.54. The van der Waals surface area contributed by atoms with E-state index in [1.54, 1.807) is 13.2 Å². The van der Waals surface area contributed by atoms with Gasteiger partial charge >= 0.3 is 0 Å². The normalized spacial score (nSPS) is 18.2. The average Bonchev–Trinajstić information content (AvgIpc) is 3.10. The summed E-state index contributed by atoms with van der Waals surface area (Å²) >= 11 is 6.22. The van der Waals surface area contributed by atoms with Gasteiger partial charge in [0, 0.05) is 52.0 Å². The zero-order valence-corrected chi connectivity index (χ0v) is 17.7. The van der Waals surface area contributed by atoms with Crippen molar-refractivity contribution in [1.29, 1.82) is 0 Å². The molecule has 0 aliphatic carbocycles. The topological polar surface area (TPSA) is 89.9 Å². The molecule has 1 aliphatic heterocycles. The van der Waals surface area contributed by atoms with Crippen LogP contribution in [0, 0.1) is 0 Å². The van der Waals surface area contributed by atoms with E-state index in [0.29, 0.717) is 30.6 Å². The molecule has 10 heteroatoms. The number of anilines is 1. The minimum absolute atomic E-state index is 0.0374. The van der Waals surface area contributed by atoms with E-state index in [1.165, 1.54) is 4.31 Å². The van der Waals surface area contributed by atoms with E-state index >= 15 is 0 Å². The predicted molar refractivity (Wildman–Crippen MR) is 111 cm³/mol. The van der Waals surface area contributed by atoms with Gasteiger partial charge in [0.2, 0.25) is 10.0 Å². The molecule has 0 bridgehead atoms. The van der Waals surface area contributed by atoms with Crippen molar-refractivity contribution in [2.45, 2.75) is 26.3 Å². The smallest absolute Gasteiger partial charge is 0.215 e. The Hall–Kier alpha value is -1.58. The van der Waals surface area contributed by atoms with Crippen molar-refractivity contribution in [2.24, 2.45) is 4.99 Å². The minimum atomic E-state index is -3.25. The standard InChI is InChI=1S/C17H29ClN6O2S/c1-4-24(5-2)27(25,26)12-10-21-17(19-3)22-14-8-11-23(13-14)16-15(18)7-6-9-20-16/h6-7,9,14H,4-5,8,10-13H2,1-3H3,(H2,19,21,22). The monoisotopic (exact) mass is 416 g/mol. The third-order valence-corrected chi connectivity index (χ3v) is 6.86. The number of guanidine groups is 1. The molecule has 0 spiro atoms. The fourth-order valence-corrected chi connectivity index (χ4v) is 4.76. The maximum Gasteiger partial charge on any atom is 0.215 e. The second-order valence-corrected chi connectivity index (χ2v) is 8.78. The first-order valence-electron chi connectivity index (χ1n) is 9.21. The molecule has 0 aromatic carbocycles. The van der Waals surface area contributed by atoms with Gasteiger partial charge in [0.15, 0.2) is 5.96 Å². The Balaban J connectivity index is 1.83. The first-order chi connectivity index (χ1) is 12.9. The van der Waals surface area contributed by atoms with Crippen LogP contribution in [0.25, 0.3) is 0 Å². The fourth-order valence-electron chi connectivity index (χ4n) is 3.11. The predicted octanol–water partition coefficient (Wildman–Crippen LogP) is 1.15. The highest BCUT2D eigenvalue weighted by Gasteiger charge is 2.25. The lowest BCUT2D eigenvalue weighted by Gasteiger charge is -2.21. The summed E-state index contributed by atoms with van der Waals surface area (Å²) in [4.78, 5) is 10.7. The summed E-state index contributed by atoms with van der Waals surface area (Å²) < 4.78 is 25.9. The lowest BCUT2D eigenvalue weighted by atomic mass is 10.3. The van der Waals surface area contributed by atoms with Crippen molar-refractivity contribution < 1.29 is 8.42 Å². The van der Waals surface area contributed by atoms with Crippen LogP contribution in [0.5, 0.6) is 0 Å². The molecule has 0 radical (unpaired) electrons. The Labute approximate surface area is 167 Å². The summed E-state index contributed by atoms with van der Waals surface area (Å²) in [5.74, 6) is 1.43. The molecular formula is C17H29ClN6O2S. The maximum atomic E-state index is 12.2. The van der Waals surface area contributed by atoms with E-state index in [2.05, 4.69) is 25.5 Å². The summed E-state index contributed by atoms with van der Waals surface area (Å²) in [6.07, 6.45) is 2.66. The van der Waals surface area contributed by atoms with E-state index < -0.39 is 10.0 Å². The Bertz CT molecular complexity index is 739. The number of rotatable bonds is 8. The van der Waals surface area contributed by atoms with Crippen molar-refractivity contribution in [1.82, 2.24) is 19.9 Å². The number of aromatic nitrogens is 1. The van der Waals surface area contributed by atoms with Crippen LogP contribution in [0.2, 0.25) is 5.02 Å². The molecule has 0 amide bonds. The van der Waals surface area contributed by atoms with E-state index in [1.807, 2.05) is 26.0 Å². The molecule has 1 atom stereocenters. The maximum absolute atomic E-state index is 12.2. The first-order valence-corrected chi connectivity index (χ1v) is 11.2. The van der Waals surface area contributed by atoms with Gasteiger partial charge in [-0.2, -0.15) is 0 Å². The van der Waals surface area contributed by atoms with Crippen LogP contribution in [0.4, 0.5) is 5.82 Å². The molecule has 1 fully saturated rings. The molecule has 27 heavy (non-hydrogen) atoms. The number of aliphatic imine (C=N–C) groups is 1. The Morgan fingerprint density at radius 1 is 1.44 bits per heavy atom. The summed E-state index contributed by atoms with van der Waals surface area (Å²) in [6.45, 7) is 6.57. The van der Waals surface area contributed by atoms with Gasteiger partial charge in [-0.3, -0.25) is 4.99 Å². The number of hydrogen-bond acceptors (Lipinski definition) is 5. The molecular weight excluding hydrogens is 388 g/mol. The van der Waals surface area contributed by atoms with Gasteiger partial charge in [0.1, 0.15) is 5.82 Å². The SMILES string of the molecule is CCN(CC)S(=O)(=O)CCNC(=NC)NC1CCN(c2ncccc2Cl)C1. The molecule has 2 N–H and O–H groups in total. The molecule has 1 aliphatic rings. The molecule has 1 saturated heterocycles. The van der Waals surface area contributed by atoms with Crippen molar-refractivity contribution in [3.05, 3.63) is 23.4 Å². The van der Waals surface area contributed by atoms with Gasteiger partial charge in [-0.15, -0.1) is 0 Å². The number of halogens is 1. The van der Waals surface area contributed by atoms with Crippen molar-refractivity contribution in [3.8, 4) is 0 Å². The van der Waals surface area contributed by atoms with Gasteiger partial charge in [-0.25, -0.2) is 17.7 Å². The van der Waals surface area contributed by atoms with Gasteiger partial charge < -0.3 is 15.5 Å². The summed E-state index contributed by atoms with van der Waals surface area (Å²) in [6, 6.07) is 3.84. The van der Waals surface area contributed by atoms with Crippen LogP contribution >= 0.6 is 11.6 Å².